The molecule has 0 aliphatic rings. The summed E-state index contributed by atoms with van der Waals surface area (Å²) >= 11 is 7.56. The molecule has 1 heterocycles. The largest absolute Gasteiger partial charge is 0.368 e. The smallest absolute Gasteiger partial charge is 0.263 e. The van der Waals surface area contributed by atoms with E-state index in [0.29, 0.717) is 16.3 Å². The first kappa shape index (κ1) is 15.8. The zero-order chi connectivity index (χ0) is 15.6. The van der Waals surface area contributed by atoms with Crippen molar-refractivity contribution in [1.29, 1.82) is 0 Å². The van der Waals surface area contributed by atoms with Crippen LogP contribution in [-0.4, -0.2) is 17.9 Å². The van der Waals surface area contributed by atoms with Crippen LogP contribution in [0, 0.1) is 5.92 Å². The summed E-state index contributed by atoms with van der Waals surface area (Å²) in [4.78, 5) is 24.2. The summed E-state index contributed by atoms with van der Waals surface area (Å²) in [5.74, 6) is -0.638. The van der Waals surface area contributed by atoms with Crippen LogP contribution in [0.25, 0.3) is 10.1 Å². The summed E-state index contributed by atoms with van der Waals surface area (Å²) in [5.41, 5.74) is 5.34. The summed E-state index contributed by atoms with van der Waals surface area (Å²) in [6.07, 6.45) is 0.504. The number of halogens is 1. The SMILES string of the molecule is CC(C)C[C@@H](NC(=O)c1sc2ccccc2c1Cl)C(N)=O. The van der Waals surface area contributed by atoms with Gasteiger partial charge in [-0.3, -0.25) is 9.59 Å². The highest BCUT2D eigenvalue weighted by molar-refractivity contribution is 7.21. The van der Waals surface area contributed by atoms with E-state index in [9.17, 15) is 9.59 Å². The third kappa shape index (κ3) is 3.54. The Labute approximate surface area is 132 Å². The average Bonchev–Trinajstić information content (AvgIpc) is 2.75. The number of carbonyl (C=O) groups is 2. The fourth-order valence-electron chi connectivity index (χ4n) is 2.10. The van der Waals surface area contributed by atoms with Gasteiger partial charge in [-0.25, -0.2) is 0 Å². The number of hydrogen-bond acceptors (Lipinski definition) is 3. The first-order chi connectivity index (χ1) is 9.90. The van der Waals surface area contributed by atoms with Crippen molar-refractivity contribution in [2.75, 3.05) is 0 Å². The van der Waals surface area contributed by atoms with Crippen LogP contribution in [0.5, 0.6) is 0 Å². The molecule has 0 fully saturated rings. The highest BCUT2D eigenvalue weighted by Crippen LogP contribution is 2.35. The predicted octanol–water partition coefficient (Wildman–Crippen LogP) is 3.18. The van der Waals surface area contributed by atoms with Crippen molar-refractivity contribution in [1.82, 2.24) is 5.32 Å². The van der Waals surface area contributed by atoms with E-state index in [1.807, 2.05) is 38.1 Å². The van der Waals surface area contributed by atoms with Crippen LogP contribution in [-0.2, 0) is 4.79 Å². The van der Waals surface area contributed by atoms with Crippen LogP contribution in [0.15, 0.2) is 24.3 Å². The molecule has 0 unspecified atom stereocenters. The lowest BCUT2D eigenvalue weighted by atomic mass is 10.0. The number of primary amides is 1. The minimum atomic E-state index is -0.682. The van der Waals surface area contributed by atoms with E-state index in [1.165, 1.54) is 11.3 Å². The van der Waals surface area contributed by atoms with Gasteiger partial charge in [0.1, 0.15) is 10.9 Å². The maximum atomic E-state index is 12.3. The molecule has 21 heavy (non-hydrogen) atoms. The van der Waals surface area contributed by atoms with Crippen LogP contribution in [0.2, 0.25) is 5.02 Å². The van der Waals surface area contributed by atoms with Crippen LogP contribution in [0.3, 0.4) is 0 Å². The maximum Gasteiger partial charge on any atom is 0.263 e. The number of benzene rings is 1. The Kier molecular flexibility index (Phi) is 4.85. The topological polar surface area (TPSA) is 72.2 Å². The molecule has 0 aliphatic carbocycles. The number of rotatable bonds is 5. The fraction of sp³-hybridized carbons (Fsp3) is 0.333. The Bertz CT molecular complexity index is 681. The third-order valence-electron chi connectivity index (χ3n) is 3.10. The summed E-state index contributed by atoms with van der Waals surface area (Å²) in [6.45, 7) is 3.93. The van der Waals surface area contributed by atoms with Crippen molar-refractivity contribution in [3.8, 4) is 0 Å². The first-order valence-electron chi connectivity index (χ1n) is 6.67. The molecular formula is C15H17ClN2O2S. The lowest BCUT2D eigenvalue weighted by molar-refractivity contribution is -0.120. The van der Waals surface area contributed by atoms with E-state index >= 15 is 0 Å². The van der Waals surface area contributed by atoms with Gasteiger partial charge in [0.15, 0.2) is 0 Å². The Morgan fingerprint density at radius 1 is 1.33 bits per heavy atom. The predicted molar refractivity (Wildman–Crippen MR) is 86.7 cm³/mol. The van der Waals surface area contributed by atoms with Crippen molar-refractivity contribution in [3.05, 3.63) is 34.2 Å². The Morgan fingerprint density at radius 2 is 2.00 bits per heavy atom. The zero-order valence-electron chi connectivity index (χ0n) is 11.9. The summed E-state index contributed by atoms with van der Waals surface area (Å²) in [6, 6.07) is 6.85. The maximum absolute atomic E-state index is 12.3. The molecule has 2 rings (SSSR count). The second kappa shape index (κ2) is 6.45. The lowest BCUT2D eigenvalue weighted by Gasteiger charge is -2.16. The lowest BCUT2D eigenvalue weighted by Crippen LogP contribution is -2.45. The van der Waals surface area contributed by atoms with Gasteiger partial charge < -0.3 is 11.1 Å². The standard InChI is InChI=1S/C15H17ClN2O2S/c1-8(2)7-10(14(17)19)18-15(20)13-12(16)9-5-3-4-6-11(9)21-13/h3-6,8,10H,7H2,1-2H3,(H2,17,19)(H,18,20)/t10-/m1/s1. The van der Waals surface area contributed by atoms with Crippen LogP contribution >= 0.6 is 22.9 Å². The van der Waals surface area contributed by atoms with Crippen molar-refractivity contribution in [3.63, 3.8) is 0 Å². The van der Waals surface area contributed by atoms with Crippen molar-refractivity contribution in [2.24, 2.45) is 11.7 Å². The first-order valence-corrected chi connectivity index (χ1v) is 7.86. The number of carbonyl (C=O) groups excluding carboxylic acids is 2. The molecule has 1 aromatic heterocycles. The molecule has 6 heteroatoms. The molecule has 0 bridgehead atoms. The van der Waals surface area contributed by atoms with Gasteiger partial charge in [0.05, 0.1) is 5.02 Å². The number of amides is 2. The van der Waals surface area contributed by atoms with E-state index in [4.69, 9.17) is 17.3 Å². The number of fused-ring (bicyclic) bond motifs is 1. The van der Waals surface area contributed by atoms with Gasteiger partial charge in [-0.2, -0.15) is 0 Å². The molecule has 1 atom stereocenters. The van der Waals surface area contributed by atoms with E-state index < -0.39 is 11.9 Å². The second-order valence-corrected chi connectivity index (χ2v) is 6.73. The van der Waals surface area contributed by atoms with E-state index in [2.05, 4.69) is 5.32 Å². The van der Waals surface area contributed by atoms with Gasteiger partial charge in [-0.05, 0) is 18.4 Å². The Balaban J connectivity index is 2.25. The average molecular weight is 325 g/mol. The van der Waals surface area contributed by atoms with Crippen molar-refractivity contribution in [2.45, 2.75) is 26.3 Å². The van der Waals surface area contributed by atoms with E-state index in [-0.39, 0.29) is 11.8 Å². The molecule has 1 aromatic carbocycles. The van der Waals surface area contributed by atoms with Gasteiger partial charge in [-0.1, -0.05) is 43.6 Å². The van der Waals surface area contributed by atoms with Gasteiger partial charge >= 0.3 is 0 Å². The molecule has 4 nitrogen and oxygen atoms in total. The Morgan fingerprint density at radius 3 is 2.57 bits per heavy atom. The van der Waals surface area contributed by atoms with Gasteiger partial charge in [0.2, 0.25) is 5.91 Å². The molecule has 3 N–H and O–H groups in total. The molecule has 112 valence electrons. The number of nitrogens with one attached hydrogen (secondary N) is 1. The molecule has 0 saturated heterocycles. The van der Waals surface area contributed by atoms with Crippen LogP contribution < -0.4 is 11.1 Å². The van der Waals surface area contributed by atoms with E-state index in [0.717, 1.165) is 10.1 Å². The summed E-state index contributed by atoms with van der Waals surface area (Å²) in [5, 5.41) is 3.94. The quantitative estimate of drug-likeness (QED) is 0.886. The highest BCUT2D eigenvalue weighted by atomic mass is 35.5. The minimum absolute atomic E-state index is 0.251. The molecule has 0 aliphatic heterocycles. The summed E-state index contributed by atoms with van der Waals surface area (Å²) < 4.78 is 0.937. The van der Waals surface area contributed by atoms with Gasteiger partial charge in [0.25, 0.3) is 5.91 Å². The third-order valence-corrected chi connectivity index (χ3v) is 4.77. The minimum Gasteiger partial charge on any atom is -0.368 e. The van der Waals surface area contributed by atoms with Crippen LogP contribution in [0.1, 0.15) is 29.9 Å². The second-order valence-electron chi connectivity index (χ2n) is 5.30. The molecule has 0 saturated carbocycles. The number of thiophene rings is 1. The molecule has 2 amide bonds. The molecule has 0 radical (unpaired) electrons. The molecule has 2 aromatic rings. The Hall–Kier alpha value is -1.59. The van der Waals surface area contributed by atoms with Gasteiger partial charge in [0, 0.05) is 10.1 Å². The molecular weight excluding hydrogens is 308 g/mol. The van der Waals surface area contributed by atoms with Crippen molar-refractivity contribution < 1.29 is 9.59 Å². The number of nitrogens with two attached hydrogens (primary N) is 1. The van der Waals surface area contributed by atoms with Crippen molar-refractivity contribution >= 4 is 44.8 Å². The zero-order valence-corrected chi connectivity index (χ0v) is 13.4. The summed E-state index contributed by atoms with van der Waals surface area (Å²) in [7, 11) is 0. The molecule has 0 spiro atoms. The monoisotopic (exact) mass is 324 g/mol. The fourth-order valence-corrected chi connectivity index (χ4v) is 3.52. The van der Waals surface area contributed by atoms with Gasteiger partial charge in [-0.15, -0.1) is 11.3 Å². The highest BCUT2D eigenvalue weighted by Gasteiger charge is 2.23. The van der Waals surface area contributed by atoms with Crippen LogP contribution in [0.4, 0.5) is 0 Å². The normalized spacial score (nSPS) is 12.6. The van der Waals surface area contributed by atoms with E-state index in [1.54, 1.807) is 0 Å². The number of hydrogen-bond donors (Lipinski definition) is 2.